The number of aromatic nitrogens is 2. The molecule has 2 aromatic rings. The van der Waals surface area contributed by atoms with Gasteiger partial charge in [0, 0.05) is 25.0 Å². The number of benzene rings is 1. The summed E-state index contributed by atoms with van der Waals surface area (Å²) >= 11 is 3.25. The lowest BCUT2D eigenvalue weighted by Crippen LogP contribution is -2.13. The summed E-state index contributed by atoms with van der Waals surface area (Å²) in [5.74, 6) is -0.231. The number of rotatable bonds is 2. The van der Waals surface area contributed by atoms with Gasteiger partial charge < -0.3 is 10.4 Å². The number of carbonyl (C=O) groups is 1. The second kappa shape index (κ2) is 4.58. The molecule has 1 aromatic heterocycles. The summed E-state index contributed by atoms with van der Waals surface area (Å²) in [6, 6.07) is 6.34. The molecule has 17 heavy (non-hydrogen) atoms. The van der Waals surface area contributed by atoms with Crippen LogP contribution < -0.4 is 5.32 Å². The van der Waals surface area contributed by atoms with Crippen molar-refractivity contribution >= 4 is 27.5 Å². The molecule has 0 aliphatic heterocycles. The standard InChI is InChI=1S/C11H10BrN3O2/c1-15-6-9(12)10(14-15)11(17)13-7-3-2-4-8(16)5-7/h2-6,16H,1H3,(H,13,17). The number of aromatic hydroxyl groups is 1. The fourth-order valence-corrected chi connectivity index (χ4v) is 1.94. The van der Waals surface area contributed by atoms with Crippen LogP contribution in [0.15, 0.2) is 34.9 Å². The molecule has 5 nitrogen and oxygen atoms in total. The summed E-state index contributed by atoms with van der Waals surface area (Å²) in [6.45, 7) is 0. The van der Waals surface area contributed by atoms with E-state index in [4.69, 9.17) is 0 Å². The molecular weight excluding hydrogens is 286 g/mol. The van der Waals surface area contributed by atoms with E-state index >= 15 is 0 Å². The van der Waals surface area contributed by atoms with Crippen LogP contribution in [0.2, 0.25) is 0 Å². The lowest BCUT2D eigenvalue weighted by Gasteiger charge is -2.03. The molecule has 0 spiro atoms. The molecule has 1 aromatic carbocycles. The topological polar surface area (TPSA) is 67.2 Å². The van der Waals surface area contributed by atoms with Crippen molar-refractivity contribution in [1.29, 1.82) is 0 Å². The highest BCUT2D eigenvalue weighted by Gasteiger charge is 2.14. The minimum atomic E-state index is -0.330. The Kier molecular flexibility index (Phi) is 3.14. The van der Waals surface area contributed by atoms with Gasteiger partial charge in [0.2, 0.25) is 0 Å². The molecule has 0 aliphatic rings. The molecule has 88 valence electrons. The van der Waals surface area contributed by atoms with Gasteiger partial charge in [-0.3, -0.25) is 9.48 Å². The molecule has 0 saturated carbocycles. The third-order valence-corrected chi connectivity index (χ3v) is 2.68. The molecular formula is C11H10BrN3O2. The van der Waals surface area contributed by atoms with E-state index in [2.05, 4.69) is 26.3 Å². The first-order chi connectivity index (χ1) is 8.06. The quantitative estimate of drug-likeness (QED) is 0.892. The summed E-state index contributed by atoms with van der Waals surface area (Å²) in [5.41, 5.74) is 0.823. The third-order valence-electron chi connectivity index (χ3n) is 2.10. The van der Waals surface area contributed by atoms with Crippen LogP contribution in [0.3, 0.4) is 0 Å². The smallest absolute Gasteiger partial charge is 0.277 e. The average molecular weight is 296 g/mol. The first kappa shape index (κ1) is 11.7. The zero-order chi connectivity index (χ0) is 12.4. The van der Waals surface area contributed by atoms with Gasteiger partial charge in [-0.25, -0.2) is 0 Å². The van der Waals surface area contributed by atoms with E-state index in [0.717, 1.165) is 0 Å². The Balaban J connectivity index is 2.20. The Morgan fingerprint density at radius 3 is 2.88 bits per heavy atom. The number of carbonyl (C=O) groups excluding carboxylic acids is 1. The number of anilines is 1. The second-order valence-electron chi connectivity index (χ2n) is 3.50. The lowest BCUT2D eigenvalue weighted by atomic mass is 10.3. The first-order valence-corrected chi connectivity index (χ1v) is 5.65. The molecule has 1 heterocycles. The van der Waals surface area contributed by atoms with E-state index in [0.29, 0.717) is 15.9 Å². The normalized spacial score (nSPS) is 10.2. The number of phenols is 1. The molecule has 6 heteroatoms. The summed E-state index contributed by atoms with van der Waals surface area (Å²) in [5, 5.41) is 15.9. The van der Waals surface area contributed by atoms with Gasteiger partial charge in [-0.05, 0) is 28.1 Å². The van der Waals surface area contributed by atoms with Crippen molar-refractivity contribution in [3.05, 3.63) is 40.6 Å². The fourth-order valence-electron chi connectivity index (χ4n) is 1.39. The van der Waals surface area contributed by atoms with Crippen molar-refractivity contribution < 1.29 is 9.90 Å². The van der Waals surface area contributed by atoms with Crippen molar-refractivity contribution in [2.45, 2.75) is 0 Å². The molecule has 0 unspecified atom stereocenters. The van der Waals surface area contributed by atoms with Crippen molar-refractivity contribution in [3.63, 3.8) is 0 Å². The molecule has 0 saturated heterocycles. The number of phenolic OH excluding ortho intramolecular Hbond substituents is 1. The van der Waals surface area contributed by atoms with Crippen molar-refractivity contribution in [2.75, 3.05) is 5.32 Å². The van der Waals surface area contributed by atoms with Crippen LogP contribution in [-0.4, -0.2) is 20.8 Å². The molecule has 0 atom stereocenters. The van der Waals surface area contributed by atoms with Crippen LogP contribution in [0.1, 0.15) is 10.5 Å². The molecule has 0 radical (unpaired) electrons. The highest BCUT2D eigenvalue weighted by molar-refractivity contribution is 9.10. The van der Waals surface area contributed by atoms with Gasteiger partial charge in [0.1, 0.15) is 5.75 Å². The summed E-state index contributed by atoms with van der Waals surface area (Å²) < 4.78 is 2.17. The van der Waals surface area contributed by atoms with Gasteiger partial charge in [-0.1, -0.05) is 6.07 Å². The number of hydrogen-bond acceptors (Lipinski definition) is 3. The molecule has 1 amide bonds. The van der Waals surface area contributed by atoms with E-state index in [1.54, 1.807) is 30.1 Å². The number of amides is 1. The maximum Gasteiger partial charge on any atom is 0.277 e. The maximum atomic E-state index is 11.9. The molecule has 2 N–H and O–H groups in total. The maximum absolute atomic E-state index is 11.9. The highest BCUT2D eigenvalue weighted by atomic mass is 79.9. The van der Waals surface area contributed by atoms with Crippen LogP contribution in [0.25, 0.3) is 0 Å². The summed E-state index contributed by atoms with van der Waals surface area (Å²) in [6.07, 6.45) is 1.69. The Morgan fingerprint density at radius 1 is 1.53 bits per heavy atom. The van der Waals surface area contributed by atoms with Gasteiger partial charge in [-0.2, -0.15) is 5.10 Å². The van der Waals surface area contributed by atoms with Crippen molar-refractivity contribution in [1.82, 2.24) is 9.78 Å². The van der Waals surface area contributed by atoms with E-state index in [-0.39, 0.29) is 11.7 Å². The van der Waals surface area contributed by atoms with Gasteiger partial charge >= 0.3 is 0 Å². The van der Waals surface area contributed by atoms with Gasteiger partial charge in [0.25, 0.3) is 5.91 Å². The zero-order valence-electron chi connectivity index (χ0n) is 9.01. The second-order valence-corrected chi connectivity index (χ2v) is 4.36. The SMILES string of the molecule is Cn1cc(Br)c(C(=O)Nc2cccc(O)c2)n1. The van der Waals surface area contributed by atoms with Crippen LogP contribution in [-0.2, 0) is 7.05 Å². The number of hydrogen-bond donors (Lipinski definition) is 2. The Hall–Kier alpha value is -1.82. The number of halogens is 1. The highest BCUT2D eigenvalue weighted by Crippen LogP contribution is 2.19. The first-order valence-electron chi connectivity index (χ1n) is 4.86. The van der Waals surface area contributed by atoms with E-state index in [9.17, 15) is 9.90 Å². The summed E-state index contributed by atoms with van der Waals surface area (Å²) in [7, 11) is 1.73. The van der Waals surface area contributed by atoms with Gasteiger partial charge in [0.05, 0.1) is 4.47 Å². The fraction of sp³-hybridized carbons (Fsp3) is 0.0909. The van der Waals surface area contributed by atoms with E-state index in [1.165, 1.54) is 12.1 Å². The molecule has 0 bridgehead atoms. The van der Waals surface area contributed by atoms with Crippen LogP contribution in [0.4, 0.5) is 5.69 Å². The largest absolute Gasteiger partial charge is 0.508 e. The van der Waals surface area contributed by atoms with Gasteiger partial charge in [-0.15, -0.1) is 0 Å². The van der Waals surface area contributed by atoms with E-state index in [1.807, 2.05) is 0 Å². The van der Waals surface area contributed by atoms with Gasteiger partial charge in [0.15, 0.2) is 5.69 Å². The Morgan fingerprint density at radius 2 is 2.29 bits per heavy atom. The molecule has 0 fully saturated rings. The predicted molar refractivity (Wildman–Crippen MR) is 67.0 cm³/mol. The van der Waals surface area contributed by atoms with Crippen molar-refractivity contribution in [2.24, 2.45) is 7.05 Å². The van der Waals surface area contributed by atoms with Crippen LogP contribution in [0.5, 0.6) is 5.75 Å². The minimum absolute atomic E-state index is 0.0999. The number of nitrogens with zero attached hydrogens (tertiary/aromatic N) is 2. The summed E-state index contributed by atoms with van der Waals surface area (Å²) in [4.78, 5) is 11.9. The molecule has 2 rings (SSSR count). The average Bonchev–Trinajstić information content (AvgIpc) is 2.58. The molecule has 0 aliphatic carbocycles. The number of aryl methyl sites for hydroxylation is 1. The minimum Gasteiger partial charge on any atom is -0.508 e. The number of nitrogens with one attached hydrogen (secondary N) is 1. The Labute approximate surface area is 106 Å². The predicted octanol–water partition coefficient (Wildman–Crippen LogP) is 2.14. The van der Waals surface area contributed by atoms with E-state index < -0.39 is 0 Å². The monoisotopic (exact) mass is 295 g/mol. The lowest BCUT2D eigenvalue weighted by molar-refractivity contribution is 0.102. The third kappa shape index (κ3) is 2.65. The Bertz CT molecular complexity index is 566. The van der Waals surface area contributed by atoms with Crippen LogP contribution >= 0.6 is 15.9 Å². The van der Waals surface area contributed by atoms with Crippen LogP contribution in [0, 0.1) is 0 Å². The van der Waals surface area contributed by atoms with Crippen molar-refractivity contribution in [3.8, 4) is 5.75 Å². The zero-order valence-corrected chi connectivity index (χ0v) is 10.6.